The van der Waals surface area contributed by atoms with E-state index < -0.39 is 5.41 Å². The first-order valence-corrected chi connectivity index (χ1v) is 23.5. The van der Waals surface area contributed by atoms with Crippen LogP contribution in [0.1, 0.15) is 21.6 Å². The minimum atomic E-state index is -0.628. The van der Waals surface area contributed by atoms with Gasteiger partial charge in [-0.3, -0.25) is 0 Å². The Hall–Kier alpha value is -8.24. The summed E-state index contributed by atoms with van der Waals surface area (Å²) in [6.45, 7) is 0. The largest absolute Gasteiger partial charge is 0.310 e. The van der Waals surface area contributed by atoms with Gasteiger partial charge in [0, 0.05) is 54.3 Å². The third-order valence-electron chi connectivity index (χ3n) is 13.6. The number of rotatable bonds is 8. The van der Waals surface area contributed by atoms with Crippen molar-refractivity contribution in [1.82, 2.24) is 0 Å². The van der Waals surface area contributed by atoms with Gasteiger partial charge in [0.1, 0.15) is 0 Å². The number of hydrogen-bond donors (Lipinski definition) is 0. The number of benzene rings is 10. The first-order chi connectivity index (χ1) is 32.8. The normalized spacial score (nSPS) is 14.1. The van der Waals surface area contributed by atoms with Crippen LogP contribution in [0.3, 0.4) is 0 Å². The molecule has 66 heavy (non-hydrogen) atoms. The molecule has 0 aliphatic heterocycles. The molecule has 10 aromatic carbocycles. The van der Waals surface area contributed by atoms with Crippen LogP contribution in [-0.4, -0.2) is 0 Å². The van der Waals surface area contributed by atoms with E-state index in [2.05, 4.69) is 265 Å². The van der Waals surface area contributed by atoms with E-state index in [1.165, 1.54) is 81.8 Å². The molecule has 11 aromatic rings. The van der Waals surface area contributed by atoms with Crippen LogP contribution < -0.4 is 9.80 Å². The molecule has 2 aliphatic carbocycles. The highest BCUT2D eigenvalue weighted by Gasteiger charge is 2.56. The number of anilines is 6. The van der Waals surface area contributed by atoms with Crippen molar-refractivity contribution in [3.63, 3.8) is 0 Å². The second kappa shape index (κ2) is 15.5. The van der Waals surface area contributed by atoms with Crippen molar-refractivity contribution in [3.8, 4) is 44.5 Å². The van der Waals surface area contributed by atoms with Crippen molar-refractivity contribution in [2.75, 3.05) is 9.80 Å². The topological polar surface area (TPSA) is 6.48 Å². The molecule has 0 saturated carbocycles. The van der Waals surface area contributed by atoms with E-state index in [0.717, 1.165) is 28.4 Å². The van der Waals surface area contributed by atoms with E-state index in [0.29, 0.717) is 0 Å². The Morgan fingerprint density at radius 1 is 0.303 bits per heavy atom. The lowest BCUT2D eigenvalue weighted by Gasteiger charge is -2.35. The van der Waals surface area contributed by atoms with E-state index in [9.17, 15) is 0 Å². The summed E-state index contributed by atoms with van der Waals surface area (Å²) in [7, 11) is 0. The van der Waals surface area contributed by atoms with Crippen LogP contribution in [0.15, 0.2) is 255 Å². The molecule has 0 radical (unpaired) electrons. The maximum atomic E-state index is 2.51. The summed E-state index contributed by atoms with van der Waals surface area (Å²) in [4.78, 5) is 6.36. The Morgan fingerprint density at radius 3 is 1.53 bits per heavy atom. The number of para-hydroxylation sites is 3. The summed E-state index contributed by atoms with van der Waals surface area (Å²) >= 11 is 1.95. The molecule has 2 nitrogen and oxygen atoms in total. The van der Waals surface area contributed by atoms with Crippen LogP contribution >= 0.6 is 11.3 Å². The summed E-state index contributed by atoms with van der Waals surface area (Å²) < 4.78 is 1.31. The second-order valence-electron chi connectivity index (χ2n) is 17.1. The molecule has 3 heteroatoms. The van der Waals surface area contributed by atoms with E-state index in [-0.39, 0.29) is 0 Å². The Kier molecular flexibility index (Phi) is 8.97. The van der Waals surface area contributed by atoms with Crippen molar-refractivity contribution in [2.24, 2.45) is 0 Å². The molecule has 2 aliphatic rings. The van der Waals surface area contributed by atoms with Crippen molar-refractivity contribution < 1.29 is 0 Å². The average molecular weight is 859 g/mol. The molecule has 0 fully saturated rings. The van der Waals surface area contributed by atoms with Gasteiger partial charge >= 0.3 is 0 Å². The first kappa shape index (κ1) is 38.2. The smallest absolute Gasteiger partial charge is 0.0840 e. The molecule has 1 aromatic heterocycles. The zero-order valence-corrected chi connectivity index (χ0v) is 36.9. The quantitative estimate of drug-likeness (QED) is 0.150. The van der Waals surface area contributed by atoms with Crippen LogP contribution in [0.4, 0.5) is 34.1 Å². The number of thiophene rings is 1. The first-order valence-electron chi connectivity index (χ1n) is 22.7. The molecular weight excluding hydrogens is 817 g/mol. The molecule has 0 saturated heterocycles. The molecule has 0 amide bonds. The van der Waals surface area contributed by atoms with Gasteiger partial charge in [0.05, 0.1) is 22.5 Å². The highest BCUT2D eigenvalue weighted by Crippen LogP contribution is 2.69. The van der Waals surface area contributed by atoms with Gasteiger partial charge in [-0.2, -0.15) is 0 Å². The minimum absolute atomic E-state index is 0.628. The van der Waals surface area contributed by atoms with Gasteiger partial charge in [-0.25, -0.2) is 0 Å². The highest BCUT2D eigenvalue weighted by molar-refractivity contribution is 7.20. The van der Waals surface area contributed by atoms with Crippen LogP contribution in [0.2, 0.25) is 0 Å². The molecule has 0 bridgehead atoms. The van der Waals surface area contributed by atoms with Crippen LogP contribution in [-0.2, 0) is 5.41 Å². The molecule has 310 valence electrons. The standard InChI is InChI=1S/C63H42N2S/c1-5-21-43(22-6-1)44-39-41-48(42-40-44)65(55-35-17-14-29-49(55)45-23-7-2-8-24-45)56-36-20-34-54-60(56)50-30-13-16-33-53(50)63(54)61-52(59-51-31-15-18-38-58(51)66-62(59)63)32-19-37-57(61)64(46-25-9-3-10-26-46)47-27-11-4-12-28-47/h1-42H. The Balaban J connectivity index is 1.13. The van der Waals surface area contributed by atoms with E-state index in [1.54, 1.807) is 0 Å². The van der Waals surface area contributed by atoms with Crippen molar-refractivity contribution in [3.05, 3.63) is 276 Å². The Labute approximate surface area is 389 Å². The molecule has 1 heterocycles. The summed E-state index contributed by atoms with van der Waals surface area (Å²) in [6.07, 6.45) is 0. The molecule has 1 atom stereocenters. The van der Waals surface area contributed by atoms with Gasteiger partial charge in [0.25, 0.3) is 0 Å². The molecule has 1 unspecified atom stereocenters. The maximum Gasteiger partial charge on any atom is 0.0840 e. The third kappa shape index (κ3) is 5.73. The third-order valence-corrected chi connectivity index (χ3v) is 14.9. The summed E-state index contributed by atoms with van der Waals surface area (Å²) in [6, 6.07) is 93.6. The van der Waals surface area contributed by atoms with Gasteiger partial charge in [-0.15, -0.1) is 11.3 Å². The van der Waals surface area contributed by atoms with Crippen LogP contribution in [0.5, 0.6) is 0 Å². The fraction of sp³-hybridized carbons (Fsp3) is 0.0159. The fourth-order valence-electron chi connectivity index (χ4n) is 11.0. The van der Waals surface area contributed by atoms with Crippen LogP contribution in [0.25, 0.3) is 54.6 Å². The Bertz CT molecular complexity index is 3540. The zero-order chi connectivity index (χ0) is 43.6. The van der Waals surface area contributed by atoms with Gasteiger partial charge in [-0.05, 0) is 99.6 Å². The maximum absolute atomic E-state index is 2.51. The molecule has 0 N–H and O–H groups in total. The number of fused-ring (bicyclic) bond motifs is 12. The number of hydrogen-bond acceptors (Lipinski definition) is 3. The van der Waals surface area contributed by atoms with E-state index in [4.69, 9.17) is 0 Å². The van der Waals surface area contributed by atoms with Gasteiger partial charge in [0.15, 0.2) is 0 Å². The van der Waals surface area contributed by atoms with Gasteiger partial charge < -0.3 is 9.80 Å². The molecule has 1 spiro atoms. The van der Waals surface area contributed by atoms with Crippen LogP contribution in [0, 0.1) is 0 Å². The monoisotopic (exact) mass is 858 g/mol. The molecular formula is C63H42N2S. The number of nitrogens with zero attached hydrogens (tertiary/aromatic N) is 2. The Morgan fingerprint density at radius 2 is 0.803 bits per heavy atom. The van der Waals surface area contributed by atoms with Crippen molar-refractivity contribution in [2.45, 2.75) is 5.41 Å². The second-order valence-corrected chi connectivity index (χ2v) is 18.2. The fourth-order valence-corrected chi connectivity index (χ4v) is 12.4. The van der Waals surface area contributed by atoms with Gasteiger partial charge in [0.2, 0.25) is 0 Å². The zero-order valence-electron chi connectivity index (χ0n) is 36.1. The highest BCUT2D eigenvalue weighted by atomic mass is 32.1. The average Bonchev–Trinajstić information content (AvgIpc) is 4.03. The van der Waals surface area contributed by atoms with Crippen molar-refractivity contribution >= 4 is 55.5 Å². The summed E-state index contributed by atoms with van der Waals surface area (Å²) in [5.74, 6) is 0. The summed E-state index contributed by atoms with van der Waals surface area (Å²) in [5.41, 5.74) is 19.9. The lowest BCUT2D eigenvalue weighted by Crippen LogP contribution is -2.27. The van der Waals surface area contributed by atoms with E-state index in [1.807, 2.05) is 11.3 Å². The lowest BCUT2D eigenvalue weighted by molar-refractivity contribution is 0.810. The van der Waals surface area contributed by atoms with Crippen molar-refractivity contribution in [1.29, 1.82) is 0 Å². The lowest BCUT2D eigenvalue weighted by atomic mass is 9.73. The van der Waals surface area contributed by atoms with Gasteiger partial charge in [-0.1, -0.05) is 194 Å². The molecule has 13 rings (SSSR count). The SMILES string of the molecule is c1ccc(-c2ccc(N(c3ccccc3-c3ccccc3)c3cccc4c3-c3ccccc3C43c4sc5ccccc5c4-c4cccc(N(c5ccccc5)c5ccccc5)c43)cc2)cc1. The predicted molar refractivity (Wildman–Crippen MR) is 278 cm³/mol. The summed E-state index contributed by atoms with van der Waals surface area (Å²) in [5, 5.41) is 1.30. The van der Waals surface area contributed by atoms with E-state index >= 15 is 0 Å². The minimum Gasteiger partial charge on any atom is -0.310 e. The predicted octanol–water partition coefficient (Wildman–Crippen LogP) is 17.5.